The summed E-state index contributed by atoms with van der Waals surface area (Å²) >= 11 is 2.05. The van der Waals surface area contributed by atoms with Gasteiger partial charge in [-0.25, -0.2) is 0 Å². The van der Waals surface area contributed by atoms with Gasteiger partial charge in [-0.05, 0) is 43.8 Å². The van der Waals surface area contributed by atoms with Gasteiger partial charge in [0.05, 0.1) is 22.7 Å². The van der Waals surface area contributed by atoms with Crippen molar-refractivity contribution in [1.82, 2.24) is 0 Å². The van der Waals surface area contributed by atoms with Crippen molar-refractivity contribution in [3.8, 4) is 0 Å². The molecule has 162 valence electrons. The first-order valence-electron chi connectivity index (χ1n) is 9.67. The summed E-state index contributed by atoms with van der Waals surface area (Å²) in [7, 11) is 0. The molecule has 0 amide bonds. The van der Waals surface area contributed by atoms with Gasteiger partial charge in [-0.15, -0.1) is 0 Å². The first kappa shape index (κ1) is 24.6. The van der Waals surface area contributed by atoms with Crippen LogP contribution in [0.25, 0.3) is 0 Å². The molecule has 0 aromatic heterocycles. The second-order valence-corrected chi connectivity index (χ2v) is 8.94. The number of thioether (sulfide) groups is 2. The molecule has 0 saturated carbocycles. The molecule has 0 spiro atoms. The number of carboxylic acids is 1. The fourth-order valence-corrected chi connectivity index (χ4v) is 3.96. The second kappa shape index (κ2) is 12.9. The standard InChI is InChI=1S/C23H24N2O4S2/c1-16(30-22(28)18-9-5-3-6-10-18)24-15-20(13-14-21(26)27)25-17(2)31-23(29)19-11-7-4-8-12-19/h3-12,20H,13-15H2,1-2H3,(H,26,27). The van der Waals surface area contributed by atoms with E-state index in [0.717, 1.165) is 23.5 Å². The van der Waals surface area contributed by atoms with Crippen molar-refractivity contribution in [2.24, 2.45) is 9.98 Å². The number of aliphatic carboxylic acids is 1. The summed E-state index contributed by atoms with van der Waals surface area (Å²) in [6, 6.07) is 17.4. The molecule has 0 radical (unpaired) electrons. The molecule has 0 aliphatic rings. The first-order valence-corrected chi connectivity index (χ1v) is 11.3. The molecule has 0 heterocycles. The van der Waals surface area contributed by atoms with Gasteiger partial charge >= 0.3 is 5.97 Å². The van der Waals surface area contributed by atoms with Crippen molar-refractivity contribution in [2.75, 3.05) is 6.54 Å². The average molecular weight is 457 g/mol. The molecular weight excluding hydrogens is 432 g/mol. The fraction of sp³-hybridized carbons (Fsp3) is 0.261. The lowest BCUT2D eigenvalue weighted by Crippen LogP contribution is -2.14. The Balaban J connectivity index is 2.02. The topological polar surface area (TPSA) is 96.2 Å². The molecule has 2 aromatic carbocycles. The molecule has 1 unspecified atom stereocenters. The Hall–Kier alpha value is -2.71. The van der Waals surface area contributed by atoms with Gasteiger partial charge in [0.25, 0.3) is 0 Å². The number of hydrogen-bond acceptors (Lipinski definition) is 7. The quantitative estimate of drug-likeness (QED) is 0.433. The maximum atomic E-state index is 12.3. The van der Waals surface area contributed by atoms with Crippen molar-refractivity contribution in [3.63, 3.8) is 0 Å². The van der Waals surface area contributed by atoms with Crippen LogP contribution < -0.4 is 0 Å². The third-order valence-corrected chi connectivity index (χ3v) is 5.75. The average Bonchev–Trinajstić information content (AvgIpc) is 2.76. The highest BCUT2D eigenvalue weighted by molar-refractivity contribution is 8.27. The number of carbonyl (C=O) groups excluding carboxylic acids is 2. The van der Waals surface area contributed by atoms with Gasteiger partial charge in [-0.3, -0.25) is 24.4 Å². The van der Waals surface area contributed by atoms with Gasteiger partial charge in [-0.1, -0.05) is 60.7 Å². The van der Waals surface area contributed by atoms with Crippen LogP contribution in [-0.4, -0.2) is 44.0 Å². The van der Waals surface area contributed by atoms with E-state index in [0.29, 0.717) is 27.6 Å². The van der Waals surface area contributed by atoms with Crippen LogP contribution in [0.5, 0.6) is 0 Å². The lowest BCUT2D eigenvalue weighted by Gasteiger charge is -2.11. The van der Waals surface area contributed by atoms with Gasteiger partial charge in [-0.2, -0.15) is 0 Å². The zero-order valence-corrected chi connectivity index (χ0v) is 19.0. The van der Waals surface area contributed by atoms with Crippen LogP contribution in [0.2, 0.25) is 0 Å². The highest BCUT2D eigenvalue weighted by atomic mass is 32.2. The molecule has 0 aliphatic carbocycles. The Morgan fingerprint density at radius 1 is 0.839 bits per heavy atom. The maximum Gasteiger partial charge on any atom is 0.303 e. The summed E-state index contributed by atoms with van der Waals surface area (Å²) in [5.41, 5.74) is 1.17. The van der Waals surface area contributed by atoms with Crippen LogP contribution in [0.1, 0.15) is 47.4 Å². The Morgan fingerprint density at radius 3 is 1.81 bits per heavy atom. The lowest BCUT2D eigenvalue weighted by molar-refractivity contribution is -0.137. The van der Waals surface area contributed by atoms with Gasteiger partial charge in [0.15, 0.2) is 0 Å². The molecule has 2 aromatic rings. The summed E-state index contributed by atoms with van der Waals surface area (Å²) in [5.74, 6) is -0.916. The highest BCUT2D eigenvalue weighted by Gasteiger charge is 2.14. The van der Waals surface area contributed by atoms with Crippen LogP contribution >= 0.6 is 23.5 Å². The van der Waals surface area contributed by atoms with E-state index in [-0.39, 0.29) is 23.2 Å². The molecule has 2 rings (SSSR count). The molecule has 0 bridgehead atoms. The van der Waals surface area contributed by atoms with Gasteiger partial charge in [0.2, 0.25) is 10.2 Å². The van der Waals surface area contributed by atoms with E-state index in [1.54, 1.807) is 62.4 Å². The van der Waals surface area contributed by atoms with Crippen LogP contribution in [0.3, 0.4) is 0 Å². The zero-order valence-electron chi connectivity index (χ0n) is 17.4. The number of nitrogens with zero attached hydrogens (tertiary/aromatic N) is 2. The molecule has 6 nitrogen and oxygen atoms in total. The van der Waals surface area contributed by atoms with Crippen LogP contribution in [0, 0.1) is 0 Å². The number of carboxylic acid groups (broad SMARTS) is 1. The van der Waals surface area contributed by atoms with E-state index in [4.69, 9.17) is 5.11 Å². The van der Waals surface area contributed by atoms with E-state index in [1.807, 2.05) is 12.1 Å². The van der Waals surface area contributed by atoms with Gasteiger partial charge in [0, 0.05) is 17.5 Å². The molecule has 1 atom stereocenters. The third kappa shape index (κ3) is 9.31. The minimum absolute atomic E-state index is 0.0522. The molecule has 8 heteroatoms. The van der Waals surface area contributed by atoms with Crippen molar-refractivity contribution in [3.05, 3.63) is 71.8 Å². The van der Waals surface area contributed by atoms with E-state index in [2.05, 4.69) is 9.98 Å². The summed E-state index contributed by atoms with van der Waals surface area (Å²) in [5, 5.41) is 9.92. The minimum atomic E-state index is -0.916. The van der Waals surface area contributed by atoms with Crippen LogP contribution in [-0.2, 0) is 4.79 Å². The molecular formula is C23H24N2O4S2. The molecule has 0 fully saturated rings. The van der Waals surface area contributed by atoms with Crippen LogP contribution in [0.4, 0.5) is 0 Å². The Kier molecular flexibility index (Phi) is 10.2. The monoisotopic (exact) mass is 456 g/mol. The number of hydrogen-bond donors (Lipinski definition) is 1. The zero-order chi connectivity index (χ0) is 22.6. The number of aliphatic imine (C=N–C) groups is 2. The third-order valence-electron chi connectivity index (χ3n) is 4.08. The van der Waals surface area contributed by atoms with E-state index in [9.17, 15) is 14.4 Å². The minimum Gasteiger partial charge on any atom is -0.481 e. The number of benzene rings is 2. The lowest BCUT2D eigenvalue weighted by atomic mass is 10.1. The predicted octanol–water partition coefficient (Wildman–Crippen LogP) is 5.20. The van der Waals surface area contributed by atoms with Crippen molar-refractivity contribution >= 4 is 49.8 Å². The summed E-state index contributed by atoms with van der Waals surface area (Å²) in [4.78, 5) is 44.6. The van der Waals surface area contributed by atoms with E-state index >= 15 is 0 Å². The Bertz CT molecular complexity index is 960. The van der Waals surface area contributed by atoms with Gasteiger partial charge < -0.3 is 5.11 Å². The largest absolute Gasteiger partial charge is 0.481 e. The highest BCUT2D eigenvalue weighted by Crippen LogP contribution is 2.17. The van der Waals surface area contributed by atoms with Gasteiger partial charge in [0.1, 0.15) is 0 Å². The van der Waals surface area contributed by atoms with Crippen molar-refractivity contribution in [1.29, 1.82) is 0 Å². The SMILES string of the molecule is CC(=NCC(CCC(=O)O)N=C(C)SC(=O)c1ccccc1)SC(=O)c1ccccc1. The number of rotatable bonds is 8. The second-order valence-electron chi connectivity index (χ2n) is 6.61. The normalized spacial score (nSPS) is 13.0. The molecule has 0 saturated heterocycles. The smallest absolute Gasteiger partial charge is 0.303 e. The van der Waals surface area contributed by atoms with Crippen LogP contribution in [0.15, 0.2) is 70.6 Å². The summed E-state index contributed by atoms with van der Waals surface area (Å²) in [6.07, 6.45) is 0.240. The first-order chi connectivity index (χ1) is 14.8. The molecule has 1 N–H and O–H groups in total. The molecule has 31 heavy (non-hydrogen) atoms. The fourth-order valence-electron chi connectivity index (χ4n) is 2.57. The van der Waals surface area contributed by atoms with Crippen molar-refractivity contribution < 1.29 is 19.5 Å². The van der Waals surface area contributed by atoms with Crippen molar-refractivity contribution in [2.45, 2.75) is 32.7 Å². The predicted molar refractivity (Wildman–Crippen MR) is 128 cm³/mol. The summed E-state index contributed by atoms with van der Waals surface area (Å²) in [6.45, 7) is 3.71. The van der Waals surface area contributed by atoms with E-state index < -0.39 is 12.0 Å². The Morgan fingerprint density at radius 2 is 1.32 bits per heavy atom. The molecule has 0 aliphatic heterocycles. The van der Waals surface area contributed by atoms with E-state index in [1.165, 1.54) is 0 Å². The summed E-state index contributed by atoms with van der Waals surface area (Å²) < 4.78 is 0. The Labute approximate surface area is 190 Å². The maximum absolute atomic E-state index is 12.3. The number of carbonyl (C=O) groups is 3.